The highest BCUT2D eigenvalue weighted by molar-refractivity contribution is 6.01. The van der Waals surface area contributed by atoms with Crippen molar-refractivity contribution in [3.05, 3.63) is 51.7 Å². The highest BCUT2D eigenvalue weighted by Gasteiger charge is 2.35. The van der Waals surface area contributed by atoms with Gasteiger partial charge in [-0.15, -0.1) is 0 Å². The molecule has 0 unspecified atom stereocenters. The van der Waals surface area contributed by atoms with E-state index >= 15 is 0 Å². The fourth-order valence-corrected chi connectivity index (χ4v) is 3.51. The van der Waals surface area contributed by atoms with Crippen LogP contribution in [-0.4, -0.2) is 25.5 Å². The minimum absolute atomic E-state index is 0.0180. The number of para-hydroxylation sites is 1. The number of nitrogens with one attached hydrogen (secondary N) is 1. The predicted molar refractivity (Wildman–Crippen MR) is 90.7 cm³/mol. The predicted octanol–water partition coefficient (Wildman–Crippen LogP) is 2.57. The number of carbonyl (C=O) groups is 1. The van der Waals surface area contributed by atoms with Crippen molar-refractivity contribution in [2.75, 3.05) is 0 Å². The molecule has 0 bridgehead atoms. The van der Waals surface area contributed by atoms with Crippen molar-refractivity contribution in [2.24, 2.45) is 5.41 Å². The number of Topliss-reactive ketones (excluding diaryl/α,β-unsaturated/α-hetero) is 1. The normalized spacial score (nSPS) is 16.4. The van der Waals surface area contributed by atoms with Gasteiger partial charge in [-0.3, -0.25) is 14.7 Å². The number of rotatable bonds is 1. The third kappa shape index (κ3) is 2.10. The Kier molecular flexibility index (Phi) is 3.00. The minimum Gasteiger partial charge on any atom is -0.294 e. The molecule has 2 heterocycles. The molecule has 0 atom stereocenters. The van der Waals surface area contributed by atoms with Gasteiger partial charge in [0, 0.05) is 12.1 Å². The summed E-state index contributed by atoms with van der Waals surface area (Å²) in [4.78, 5) is 30.1. The molecule has 0 amide bonds. The van der Waals surface area contributed by atoms with E-state index in [2.05, 4.69) is 29.0 Å². The molecule has 1 aromatic carbocycles. The van der Waals surface area contributed by atoms with Crippen LogP contribution in [0.1, 0.15) is 42.1 Å². The molecule has 6 heteroatoms. The summed E-state index contributed by atoms with van der Waals surface area (Å²) in [5.41, 5.74) is 1.66. The van der Waals surface area contributed by atoms with Crippen molar-refractivity contribution in [1.29, 1.82) is 0 Å². The van der Waals surface area contributed by atoms with Crippen LogP contribution in [0.3, 0.4) is 0 Å². The fraction of sp³-hybridized carbons (Fsp3) is 0.333. The molecule has 0 spiro atoms. The van der Waals surface area contributed by atoms with Gasteiger partial charge in [-0.05, 0) is 30.9 Å². The van der Waals surface area contributed by atoms with Gasteiger partial charge in [0.2, 0.25) is 0 Å². The van der Waals surface area contributed by atoms with Crippen LogP contribution in [0.15, 0.2) is 29.1 Å². The Morgan fingerprint density at radius 1 is 1.17 bits per heavy atom. The van der Waals surface area contributed by atoms with Crippen LogP contribution in [0, 0.1) is 12.3 Å². The van der Waals surface area contributed by atoms with E-state index in [4.69, 9.17) is 0 Å². The molecule has 0 saturated carbocycles. The maximum absolute atomic E-state index is 12.9. The van der Waals surface area contributed by atoms with Crippen LogP contribution < -0.4 is 5.56 Å². The standard InChI is InChI=1S/C18H18N4O2/c1-10-19-12-7-5-4-6-11(12)17(24)22(10)16-15-13(20-21-16)8-18(2,3)9-14(15)23/h4-7H,8-9H2,1-3H3,(H,20,21). The molecule has 0 fully saturated rings. The molecule has 1 aliphatic rings. The fourth-order valence-electron chi connectivity index (χ4n) is 3.51. The summed E-state index contributed by atoms with van der Waals surface area (Å²) in [6.07, 6.45) is 1.18. The van der Waals surface area contributed by atoms with Gasteiger partial charge < -0.3 is 0 Å². The average Bonchev–Trinajstić information content (AvgIpc) is 2.89. The first-order chi connectivity index (χ1) is 11.4. The summed E-state index contributed by atoms with van der Waals surface area (Å²) in [6, 6.07) is 7.20. The second-order valence-electron chi connectivity index (χ2n) is 7.16. The SMILES string of the molecule is Cc1nc2ccccc2c(=O)n1-c1n[nH]c2c1C(=O)CC(C)(C)C2. The van der Waals surface area contributed by atoms with E-state index in [0.717, 1.165) is 12.1 Å². The lowest BCUT2D eigenvalue weighted by atomic mass is 9.76. The number of hydrogen-bond donors (Lipinski definition) is 1. The lowest BCUT2D eigenvalue weighted by Crippen LogP contribution is -2.29. The zero-order valence-electron chi connectivity index (χ0n) is 13.9. The minimum atomic E-state index is -0.204. The molecular formula is C18H18N4O2. The summed E-state index contributed by atoms with van der Waals surface area (Å²) in [5, 5.41) is 7.76. The number of hydrogen-bond acceptors (Lipinski definition) is 4. The maximum atomic E-state index is 12.9. The number of aromatic nitrogens is 4. The van der Waals surface area contributed by atoms with Crippen molar-refractivity contribution < 1.29 is 4.79 Å². The van der Waals surface area contributed by atoms with E-state index in [1.165, 1.54) is 4.57 Å². The molecule has 24 heavy (non-hydrogen) atoms. The summed E-state index contributed by atoms with van der Waals surface area (Å²) in [5.74, 6) is 0.904. The number of nitrogens with zero attached hydrogens (tertiary/aromatic N) is 3. The van der Waals surface area contributed by atoms with Gasteiger partial charge in [0.1, 0.15) is 5.82 Å². The van der Waals surface area contributed by atoms with Crippen LogP contribution in [0.2, 0.25) is 0 Å². The third-order valence-corrected chi connectivity index (χ3v) is 4.55. The van der Waals surface area contributed by atoms with Crippen molar-refractivity contribution in [3.8, 4) is 5.82 Å². The molecular weight excluding hydrogens is 304 g/mol. The van der Waals surface area contributed by atoms with Gasteiger partial charge in [-0.1, -0.05) is 26.0 Å². The average molecular weight is 322 g/mol. The maximum Gasteiger partial charge on any atom is 0.267 e. The van der Waals surface area contributed by atoms with Crippen molar-refractivity contribution in [2.45, 2.75) is 33.6 Å². The lowest BCUT2D eigenvalue weighted by molar-refractivity contribution is 0.0912. The lowest BCUT2D eigenvalue weighted by Gasteiger charge is -2.28. The molecule has 1 aliphatic carbocycles. The number of fused-ring (bicyclic) bond motifs is 2. The van der Waals surface area contributed by atoms with Crippen LogP contribution in [0.5, 0.6) is 0 Å². The highest BCUT2D eigenvalue weighted by Crippen LogP contribution is 2.35. The van der Waals surface area contributed by atoms with E-state index in [-0.39, 0.29) is 16.8 Å². The zero-order chi connectivity index (χ0) is 17.1. The number of aryl methyl sites for hydroxylation is 1. The van der Waals surface area contributed by atoms with Crippen LogP contribution in [0.4, 0.5) is 0 Å². The number of H-pyrrole nitrogens is 1. The Morgan fingerprint density at radius 2 is 1.92 bits per heavy atom. The quantitative estimate of drug-likeness (QED) is 0.746. The smallest absolute Gasteiger partial charge is 0.267 e. The molecule has 4 rings (SSSR count). The van der Waals surface area contributed by atoms with Gasteiger partial charge in [0.05, 0.1) is 16.5 Å². The Labute approximate surface area is 138 Å². The first kappa shape index (κ1) is 14.8. The Bertz CT molecular complexity index is 1040. The summed E-state index contributed by atoms with van der Waals surface area (Å²) in [6.45, 7) is 5.87. The van der Waals surface area contributed by atoms with E-state index in [9.17, 15) is 9.59 Å². The number of carbonyl (C=O) groups excluding carboxylic acids is 1. The molecule has 0 saturated heterocycles. The van der Waals surface area contributed by atoms with Gasteiger partial charge >= 0.3 is 0 Å². The Hall–Kier alpha value is -2.76. The van der Waals surface area contributed by atoms with Gasteiger partial charge in [0.15, 0.2) is 11.6 Å². The monoisotopic (exact) mass is 322 g/mol. The van der Waals surface area contributed by atoms with Crippen molar-refractivity contribution in [3.63, 3.8) is 0 Å². The molecule has 122 valence electrons. The van der Waals surface area contributed by atoms with Crippen LogP contribution in [-0.2, 0) is 6.42 Å². The van der Waals surface area contributed by atoms with E-state index in [0.29, 0.717) is 34.5 Å². The Morgan fingerprint density at radius 3 is 2.71 bits per heavy atom. The third-order valence-electron chi connectivity index (χ3n) is 4.55. The summed E-state index contributed by atoms with van der Waals surface area (Å²) < 4.78 is 1.44. The van der Waals surface area contributed by atoms with E-state index in [1.54, 1.807) is 19.1 Å². The van der Waals surface area contributed by atoms with E-state index < -0.39 is 0 Å². The molecule has 2 aromatic heterocycles. The van der Waals surface area contributed by atoms with Gasteiger partial charge in [-0.2, -0.15) is 5.10 Å². The van der Waals surface area contributed by atoms with Crippen molar-refractivity contribution >= 4 is 16.7 Å². The summed E-state index contributed by atoms with van der Waals surface area (Å²) in [7, 11) is 0. The number of ketones is 1. The molecule has 1 N–H and O–H groups in total. The molecule has 3 aromatic rings. The Balaban J connectivity index is 2.00. The number of benzene rings is 1. The summed E-state index contributed by atoms with van der Waals surface area (Å²) >= 11 is 0. The zero-order valence-corrected chi connectivity index (χ0v) is 13.9. The first-order valence-corrected chi connectivity index (χ1v) is 7.97. The van der Waals surface area contributed by atoms with Crippen LogP contribution in [0.25, 0.3) is 16.7 Å². The largest absolute Gasteiger partial charge is 0.294 e. The highest BCUT2D eigenvalue weighted by atomic mass is 16.1. The molecule has 0 aliphatic heterocycles. The number of aromatic amines is 1. The molecule has 0 radical (unpaired) electrons. The molecule has 6 nitrogen and oxygen atoms in total. The second-order valence-corrected chi connectivity index (χ2v) is 7.16. The first-order valence-electron chi connectivity index (χ1n) is 7.97. The van der Waals surface area contributed by atoms with Gasteiger partial charge in [0.25, 0.3) is 5.56 Å². The topological polar surface area (TPSA) is 80.6 Å². The van der Waals surface area contributed by atoms with Crippen molar-refractivity contribution in [1.82, 2.24) is 19.7 Å². The van der Waals surface area contributed by atoms with Gasteiger partial charge in [-0.25, -0.2) is 9.55 Å². The van der Waals surface area contributed by atoms with E-state index in [1.807, 2.05) is 12.1 Å². The van der Waals surface area contributed by atoms with Crippen LogP contribution >= 0.6 is 0 Å². The second kappa shape index (κ2) is 4.87.